The second-order valence-corrected chi connectivity index (χ2v) is 8.19. The van der Waals surface area contributed by atoms with Gasteiger partial charge in [-0.05, 0) is 43.7 Å². The number of thioether (sulfide) groups is 1. The van der Waals surface area contributed by atoms with Crippen LogP contribution in [-0.4, -0.2) is 45.6 Å². The first-order valence-electron chi connectivity index (χ1n) is 10.2. The predicted molar refractivity (Wildman–Crippen MR) is 122 cm³/mol. The van der Waals surface area contributed by atoms with Crippen molar-refractivity contribution in [2.75, 3.05) is 12.9 Å². The fraction of sp³-hybridized carbons (Fsp3) is 0.304. The van der Waals surface area contributed by atoms with Gasteiger partial charge in [0.15, 0.2) is 5.16 Å². The lowest BCUT2D eigenvalue weighted by molar-refractivity contribution is -0.148. The second kappa shape index (κ2) is 11.3. The van der Waals surface area contributed by atoms with Crippen LogP contribution in [0.25, 0.3) is 5.69 Å². The maximum Gasteiger partial charge on any atom is 0.308 e. The SMILES string of the molecule is COc1ccc(-n2cnnc2SCC(=O)NC(CC(=O)OC(C)C)c2ccccc2)cc1. The molecule has 32 heavy (non-hydrogen) atoms. The molecule has 0 aliphatic rings. The zero-order chi connectivity index (χ0) is 22.9. The van der Waals surface area contributed by atoms with Gasteiger partial charge < -0.3 is 14.8 Å². The zero-order valence-corrected chi connectivity index (χ0v) is 19.0. The molecule has 9 heteroatoms. The van der Waals surface area contributed by atoms with E-state index in [1.165, 1.54) is 11.8 Å². The molecule has 1 heterocycles. The van der Waals surface area contributed by atoms with E-state index in [0.717, 1.165) is 17.0 Å². The van der Waals surface area contributed by atoms with Gasteiger partial charge >= 0.3 is 5.97 Å². The maximum absolute atomic E-state index is 12.7. The number of esters is 1. The number of ether oxygens (including phenoxy) is 2. The normalized spacial score (nSPS) is 11.8. The van der Waals surface area contributed by atoms with Crippen molar-refractivity contribution in [3.05, 3.63) is 66.5 Å². The lowest BCUT2D eigenvalue weighted by atomic mass is 10.0. The third kappa shape index (κ3) is 6.58. The quantitative estimate of drug-likeness (QED) is 0.370. The summed E-state index contributed by atoms with van der Waals surface area (Å²) in [5.74, 6) is 0.294. The number of aromatic nitrogens is 3. The summed E-state index contributed by atoms with van der Waals surface area (Å²) in [5, 5.41) is 11.6. The highest BCUT2D eigenvalue weighted by atomic mass is 32.2. The summed E-state index contributed by atoms with van der Waals surface area (Å²) in [4.78, 5) is 24.9. The first-order valence-corrected chi connectivity index (χ1v) is 11.2. The van der Waals surface area contributed by atoms with Crippen LogP contribution in [0.2, 0.25) is 0 Å². The minimum absolute atomic E-state index is 0.0562. The molecule has 2 aromatic carbocycles. The van der Waals surface area contributed by atoms with E-state index in [-0.39, 0.29) is 30.2 Å². The van der Waals surface area contributed by atoms with Crippen LogP contribution in [-0.2, 0) is 14.3 Å². The summed E-state index contributed by atoms with van der Waals surface area (Å²) in [6.45, 7) is 3.59. The molecule has 0 radical (unpaired) electrons. The van der Waals surface area contributed by atoms with Gasteiger partial charge in [-0.25, -0.2) is 0 Å². The molecule has 1 aromatic heterocycles. The molecule has 3 aromatic rings. The zero-order valence-electron chi connectivity index (χ0n) is 18.2. The molecule has 8 nitrogen and oxygen atoms in total. The highest BCUT2D eigenvalue weighted by molar-refractivity contribution is 7.99. The number of nitrogens with zero attached hydrogens (tertiary/aromatic N) is 3. The molecular formula is C23H26N4O4S. The third-order valence-electron chi connectivity index (χ3n) is 4.47. The topological polar surface area (TPSA) is 95.3 Å². The number of rotatable bonds is 10. The summed E-state index contributed by atoms with van der Waals surface area (Å²) >= 11 is 1.26. The number of benzene rings is 2. The van der Waals surface area contributed by atoms with Gasteiger partial charge in [0.25, 0.3) is 0 Å². The van der Waals surface area contributed by atoms with Gasteiger partial charge in [-0.2, -0.15) is 0 Å². The minimum atomic E-state index is -0.477. The number of nitrogens with one attached hydrogen (secondary N) is 1. The van der Waals surface area contributed by atoms with Gasteiger partial charge in [0.1, 0.15) is 12.1 Å². The monoisotopic (exact) mass is 454 g/mol. The Morgan fingerprint density at radius 1 is 1.09 bits per heavy atom. The Morgan fingerprint density at radius 3 is 2.47 bits per heavy atom. The number of carbonyl (C=O) groups is 2. The summed E-state index contributed by atoms with van der Waals surface area (Å²) in [5.41, 5.74) is 1.70. The maximum atomic E-state index is 12.7. The van der Waals surface area contributed by atoms with Gasteiger partial charge in [0, 0.05) is 5.69 Å². The largest absolute Gasteiger partial charge is 0.497 e. The first kappa shape index (κ1) is 23.3. The average molecular weight is 455 g/mol. The minimum Gasteiger partial charge on any atom is -0.497 e. The van der Waals surface area contributed by atoms with Crippen molar-refractivity contribution in [1.29, 1.82) is 0 Å². The van der Waals surface area contributed by atoms with Gasteiger partial charge in [-0.1, -0.05) is 42.1 Å². The van der Waals surface area contributed by atoms with Crippen molar-refractivity contribution in [2.24, 2.45) is 0 Å². The molecule has 0 fully saturated rings. The van der Waals surface area contributed by atoms with Crippen LogP contribution in [0.3, 0.4) is 0 Å². The molecule has 0 saturated heterocycles. The Morgan fingerprint density at radius 2 is 1.81 bits per heavy atom. The molecule has 0 bridgehead atoms. The highest BCUT2D eigenvalue weighted by Gasteiger charge is 2.20. The van der Waals surface area contributed by atoms with Crippen molar-refractivity contribution < 1.29 is 19.1 Å². The van der Waals surface area contributed by atoms with Crippen molar-refractivity contribution in [3.63, 3.8) is 0 Å². The molecule has 1 amide bonds. The molecule has 0 spiro atoms. The standard InChI is InChI=1S/C23H26N4O4S/c1-16(2)31-22(29)13-20(17-7-5-4-6-8-17)25-21(28)14-32-23-26-24-15-27(23)18-9-11-19(30-3)12-10-18/h4-12,15-16,20H,13-14H2,1-3H3,(H,25,28). The number of hydrogen-bond donors (Lipinski definition) is 1. The van der Waals surface area contributed by atoms with Crippen molar-refractivity contribution >= 4 is 23.6 Å². The van der Waals surface area contributed by atoms with E-state index >= 15 is 0 Å². The molecule has 168 valence electrons. The predicted octanol–water partition coefficient (Wildman–Crippen LogP) is 3.57. The van der Waals surface area contributed by atoms with Crippen molar-refractivity contribution in [1.82, 2.24) is 20.1 Å². The van der Waals surface area contributed by atoms with Gasteiger partial charge in [-0.3, -0.25) is 14.2 Å². The van der Waals surface area contributed by atoms with Crippen LogP contribution >= 0.6 is 11.8 Å². The third-order valence-corrected chi connectivity index (χ3v) is 5.42. The fourth-order valence-electron chi connectivity index (χ4n) is 3.02. The van der Waals surface area contributed by atoms with E-state index in [9.17, 15) is 9.59 Å². The highest BCUT2D eigenvalue weighted by Crippen LogP contribution is 2.22. The Labute approximate surface area is 191 Å². The van der Waals surface area contributed by atoms with E-state index in [2.05, 4.69) is 15.5 Å². The molecule has 0 aliphatic heterocycles. The second-order valence-electron chi connectivity index (χ2n) is 7.24. The summed E-state index contributed by atoms with van der Waals surface area (Å²) in [7, 11) is 1.61. The van der Waals surface area contributed by atoms with Crippen molar-refractivity contribution in [2.45, 2.75) is 37.6 Å². The van der Waals surface area contributed by atoms with Crippen LogP contribution < -0.4 is 10.1 Å². The van der Waals surface area contributed by atoms with Crippen LogP contribution in [0.15, 0.2) is 66.1 Å². The number of hydrogen-bond acceptors (Lipinski definition) is 7. The smallest absolute Gasteiger partial charge is 0.308 e. The first-order chi connectivity index (χ1) is 15.5. The van der Waals surface area contributed by atoms with E-state index in [1.54, 1.807) is 31.9 Å². The molecule has 1 N–H and O–H groups in total. The van der Waals surface area contributed by atoms with Crippen LogP contribution in [0, 0.1) is 0 Å². The van der Waals surface area contributed by atoms with Crippen LogP contribution in [0.5, 0.6) is 5.75 Å². The molecule has 1 atom stereocenters. The fourth-order valence-corrected chi connectivity index (χ4v) is 3.76. The number of methoxy groups -OCH3 is 1. The Balaban J connectivity index is 1.64. The van der Waals surface area contributed by atoms with Gasteiger partial charge in [-0.15, -0.1) is 10.2 Å². The van der Waals surface area contributed by atoms with E-state index in [0.29, 0.717) is 5.16 Å². The van der Waals surface area contributed by atoms with E-state index in [1.807, 2.05) is 54.6 Å². The van der Waals surface area contributed by atoms with Crippen molar-refractivity contribution in [3.8, 4) is 11.4 Å². The Bertz CT molecular complexity index is 1020. The Kier molecular flexibility index (Phi) is 8.27. The van der Waals surface area contributed by atoms with Gasteiger partial charge in [0.05, 0.1) is 31.4 Å². The molecule has 3 rings (SSSR count). The Hall–Kier alpha value is -3.33. The number of carbonyl (C=O) groups excluding carboxylic acids is 2. The van der Waals surface area contributed by atoms with Crippen LogP contribution in [0.1, 0.15) is 31.9 Å². The lowest BCUT2D eigenvalue weighted by Gasteiger charge is -2.19. The molecule has 1 unspecified atom stereocenters. The summed E-state index contributed by atoms with van der Waals surface area (Å²) < 4.78 is 12.2. The lowest BCUT2D eigenvalue weighted by Crippen LogP contribution is -2.32. The summed E-state index contributed by atoms with van der Waals surface area (Å²) in [6, 6.07) is 16.4. The number of amides is 1. The molecule has 0 saturated carbocycles. The van der Waals surface area contributed by atoms with E-state index < -0.39 is 6.04 Å². The van der Waals surface area contributed by atoms with Gasteiger partial charge in [0.2, 0.25) is 5.91 Å². The summed E-state index contributed by atoms with van der Waals surface area (Å²) in [6.07, 6.45) is 1.44. The molecule has 0 aliphatic carbocycles. The van der Waals surface area contributed by atoms with E-state index in [4.69, 9.17) is 9.47 Å². The average Bonchev–Trinajstić information content (AvgIpc) is 3.26. The van der Waals surface area contributed by atoms with Crippen LogP contribution in [0.4, 0.5) is 0 Å². The molecular weight excluding hydrogens is 428 g/mol.